The molecule has 19 heavy (non-hydrogen) atoms. The lowest BCUT2D eigenvalue weighted by Gasteiger charge is -2.03. The molecule has 7 heteroatoms. The first-order chi connectivity index (χ1) is 9.10. The lowest BCUT2D eigenvalue weighted by Crippen LogP contribution is -2.09. The number of anilines is 2. The van der Waals surface area contributed by atoms with Gasteiger partial charge in [0.15, 0.2) is 0 Å². The quantitative estimate of drug-likeness (QED) is 0.784. The number of rotatable bonds is 5. The molecule has 102 valence electrons. The van der Waals surface area contributed by atoms with E-state index in [1.165, 1.54) is 12.8 Å². The van der Waals surface area contributed by atoms with Crippen LogP contribution in [0.1, 0.15) is 37.7 Å². The van der Waals surface area contributed by atoms with Crippen molar-refractivity contribution in [3.63, 3.8) is 0 Å². The lowest BCUT2D eigenvalue weighted by molar-refractivity contribution is 0.708. The van der Waals surface area contributed by atoms with Gasteiger partial charge in [-0.05, 0) is 19.8 Å². The molecular weight excluding hydrogens is 242 g/mol. The smallest absolute Gasteiger partial charge is 0.241 e. The first-order valence-corrected chi connectivity index (χ1v) is 6.42. The number of imidazole rings is 1. The Morgan fingerprint density at radius 3 is 2.37 bits per heavy atom. The number of unbranched alkanes of at least 4 members (excludes halogenated alkanes) is 2. The summed E-state index contributed by atoms with van der Waals surface area (Å²) in [6, 6.07) is 0. The van der Waals surface area contributed by atoms with Gasteiger partial charge < -0.3 is 11.5 Å². The minimum absolute atomic E-state index is 0.114. The van der Waals surface area contributed by atoms with E-state index >= 15 is 0 Å². The van der Waals surface area contributed by atoms with Crippen molar-refractivity contribution in [3.05, 3.63) is 17.7 Å². The molecule has 0 saturated carbocycles. The van der Waals surface area contributed by atoms with Crippen LogP contribution in [-0.2, 0) is 6.42 Å². The highest BCUT2D eigenvalue weighted by molar-refractivity contribution is 5.32. The molecule has 0 atom stereocenters. The number of hydrogen-bond donors (Lipinski definition) is 2. The Bertz CT molecular complexity index is 541. The van der Waals surface area contributed by atoms with E-state index in [4.69, 9.17) is 11.5 Å². The molecule has 2 heterocycles. The van der Waals surface area contributed by atoms with E-state index in [9.17, 15) is 0 Å². The third kappa shape index (κ3) is 3.18. The standard InChI is InChI=1S/C12H19N7/c1-3-4-5-6-9-7-19(8(2)15-9)12-17-10(13)16-11(14)18-12/h7H,3-6H2,1-2H3,(H4,13,14,16,17,18). The van der Waals surface area contributed by atoms with Crippen LogP contribution in [0.5, 0.6) is 0 Å². The van der Waals surface area contributed by atoms with Crippen LogP contribution < -0.4 is 11.5 Å². The van der Waals surface area contributed by atoms with Gasteiger partial charge in [0.2, 0.25) is 17.8 Å². The van der Waals surface area contributed by atoms with Gasteiger partial charge in [0, 0.05) is 6.20 Å². The Morgan fingerprint density at radius 1 is 1.05 bits per heavy atom. The molecule has 2 aromatic heterocycles. The lowest BCUT2D eigenvalue weighted by atomic mass is 10.2. The zero-order valence-corrected chi connectivity index (χ0v) is 11.3. The van der Waals surface area contributed by atoms with Crippen LogP contribution in [0.25, 0.3) is 5.95 Å². The van der Waals surface area contributed by atoms with Gasteiger partial charge in [0.05, 0.1) is 5.69 Å². The number of aromatic nitrogens is 5. The van der Waals surface area contributed by atoms with Crippen molar-refractivity contribution in [2.75, 3.05) is 11.5 Å². The van der Waals surface area contributed by atoms with Crippen LogP contribution in [0.15, 0.2) is 6.20 Å². The van der Waals surface area contributed by atoms with Crippen LogP contribution in [0.3, 0.4) is 0 Å². The Morgan fingerprint density at radius 2 is 1.74 bits per heavy atom. The van der Waals surface area contributed by atoms with Crippen LogP contribution in [0.2, 0.25) is 0 Å². The van der Waals surface area contributed by atoms with Crippen molar-refractivity contribution in [2.45, 2.75) is 39.5 Å². The third-order valence-electron chi connectivity index (χ3n) is 2.84. The zero-order valence-electron chi connectivity index (χ0n) is 11.3. The van der Waals surface area contributed by atoms with Crippen LogP contribution >= 0.6 is 0 Å². The molecule has 0 fully saturated rings. The van der Waals surface area contributed by atoms with E-state index in [2.05, 4.69) is 26.9 Å². The second-order valence-corrected chi connectivity index (χ2v) is 4.46. The number of nitrogens with two attached hydrogens (primary N) is 2. The van der Waals surface area contributed by atoms with Crippen LogP contribution in [0.4, 0.5) is 11.9 Å². The molecule has 4 N–H and O–H groups in total. The average Bonchev–Trinajstić information content (AvgIpc) is 2.70. The van der Waals surface area contributed by atoms with Gasteiger partial charge in [-0.15, -0.1) is 0 Å². The van der Waals surface area contributed by atoms with Gasteiger partial charge in [0.1, 0.15) is 5.82 Å². The van der Waals surface area contributed by atoms with E-state index in [1.807, 2.05) is 13.1 Å². The highest BCUT2D eigenvalue weighted by Gasteiger charge is 2.10. The van der Waals surface area contributed by atoms with Gasteiger partial charge >= 0.3 is 0 Å². The molecule has 0 aliphatic rings. The van der Waals surface area contributed by atoms with E-state index < -0.39 is 0 Å². The molecule has 0 unspecified atom stereocenters. The second kappa shape index (κ2) is 5.64. The maximum atomic E-state index is 5.58. The molecule has 0 radical (unpaired) electrons. The summed E-state index contributed by atoms with van der Waals surface area (Å²) in [5.41, 5.74) is 12.2. The molecule has 7 nitrogen and oxygen atoms in total. The van der Waals surface area contributed by atoms with E-state index in [0.717, 1.165) is 24.4 Å². The molecule has 0 bridgehead atoms. The van der Waals surface area contributed by atoms with Gasteiger partial charge in [-0.25, -0.2) is 4.98 Å². The molecule has 0 saturated heterocycles. The highest BCUT2D eigenvalue weighted by Crippen LogP contribution is 2.12. The number of aryl methyl sites for hydroxylation is 2. The summed E-state index contributed by atoms with van der Waals surface area (Å²) in [6.45, 7) is 4.08. The first kappa shape index (κ1) is 13.3. The number of hydrogen-bond acceptors (Lipinski definition) is 6. The van der Waals surface area contributed by atoms with Crippen molar-refractivity contribution in [1.29, 1.82) is 0 Å². The summed E-state index contributed by atoms with van der Waals surface area (Å²) in [5, 5.41) is 0. The fraction of sp³-hybridized carbons (Fsp3) is 0.500. The third-order valence-corrected chi connectivity index (χ3v) is 2.84. The Kier molecular flexibility index (Phi) is 3.94. The van der Waals surface area contributed by atoms with E-state index in [-0.39, 0.29) is 11.9 Å². The van der Waals surface area contributed by atoms with Gasteiger partial charge in [-0.1, -0.05) is 19.8 Å². The first-order valence-electron chi connectivity index (χ1n) is 6.42. The van der Waals surface area contributed by atoms with Crippen molar-refractivity contribution < 1.29 is 0 Å². The highest BCUT2D eigenvalue weighted by atomic mass is 15.3. The van der Waals surface area contributed by atoms with E-state index in [1.54, 1.807) is 4.57 Å². The molecule has 0 aliphatic carbocycles. The van der Waals surface area contributed by atoms with Crippen molar-refractivity contribution in [3.8, 4) is 5.95 Å². The molecule has 0 aliphatic heterocycles. The summed E-state index contributed by atoms with van der Waals surface area (Å²) in [5.74, 6) is 1.46. The predicted molar refractivity (Wildman–Crippen MR) is 73.7 cm³/mol. The summed E-state index contributed by atoms with van der Waals surface area (Å²) in [6.07, 6.45) is 6.42. The van der Waals surface area contributed by atoms with Gasteiger partial charge in [-0.2, -0.15) is 15.0 Å². The predicted octanol–water partition coefficient (Wildman–Crippen LogP) is 1.26. The second-order valence-electron chi connectivity index (χ2n) is 4.46. The van der Waals surface area contributed by atoms with E-state index in [0.29, 0.717) is 5.95 Å². The summed E-state index contributed by atoms with van der Waals surface area (Å²) < 4.78 is 1.79. The fourth-order valence-electron chi connectivity index (χ4n) is 1.92. The average molecular weight is 261 g/mol. The topological polar surface area (TPSA) is 109 Å². The zero-order chi connectivity index (χ0) is 13.8. The monoisotopic (exact) mass is 261 g/mol. The maximum absolute atomic E-state index is 5.58. The van der Waals surface area contributed by atoms with Crippen molar-refractivity contribution >= 4 is 11.9 Å². The molecule has 0 aromatic carbocycles. The molecule has 2 aromatic rings. The Hall–Kier alpha value is -2.18. The Labute approximate surface area is 112 Å². The minimum Gasteiger partial charge on any atom is -0.368 e. The largest absolute Gasteiger partial charge is 0.368 e. The Balaban J connectivity index is 2.24. The molecule has 2 rings (SSSR count). The summed E-state index contributed by atoms with van der Waals surface area (Å²) >= 11 is 0. The van der Waals surface area contributed by atoms with Crippen molar-refractivity contribution in [1.82, 2.24) is 24.5 Å². The fourth-order valence-corrected chi connectivity index (χ4v) is 1.92. The normalized spacial score (nSPS) is 10.8. The summed E-state index contributed by atoms with van der Waals surface area (Å²) in [4.78, 5) is 16.4. The molecule has 0 spiro atoms. The van der Waals surface area contributed by atoms with Crippen molar-refractivity contribution in [2.24, 2.45) is 0 Å². The minimum atomic E-state index is 0.114. The maximum Gasteiger partial charge on any atom is 0.241 e. The summed E-state index contributed by atoms with van der Waals surface area (Å²) in [7, 11) is 0. The van der Waals surface area contributed by atoms with Gasteiger partial charge in [-0.3, -0.25) is 4.57 Å². The molecule has 0 amide bonds. The van der Waals surface area contributed by atoms with Crippen LogP contribution in [0, 0.1) is 6.92 Å². The number of nitrogen functional groups attached to an aromatic ring is 2. The number of nitrogens with zero attached hydrogens (tertiary/aromatic N) is 5. The van der Waals surface area contributed by atoms with Crippen LogP contribution in [-0.4, -0.2) is 24.5 Å². The van der Waals surface area contributed by atoms with Gasteiger partial charge in [0.25, 0.3) is 0 Å². The molecular formula is C12H19N7. The SMILES string of the molecule is CCCCCc1cn(-c2nc(N)nc(N)n2)c(C)n1.